The SMILES string of the molecule is O=C(C[C@@H]1NC(=O)NC1=O)NCCCn1ccccc1=O. The van der Waals surface area contributed by atoms with Gasteiger partial charge in [-0.2, -0.15) is 0 Å². The fourth-order valence-electron chi connectivity index (χ4n) is 1.98. The van der Waals surface area contributed by atoms with Gasteiger partial charge in [0.05, 0.1) is 6.42 Å². The van der Waals surface area contributed by atoms with Crippen molar-refractivity contribution in [3.05, 3.63) is 34.7 Å². The maximum absolute atomic E-state index is 11.6. The van der Waals surface area contributed by atoms with E-state index in [-0.39, 0.29) is 17.9 Å². The van der Waals surface area contributed by atoms with Crippen molar-refractivity contribution in [2.24, 2.45) is 0 Å². The number of nitrogens with one attached hydrogen (secondary N) is 3. The summed E-state index contributed by atoms with van der Waals surface area (Å²) in [5.41, 5.74) is -0.0887. The molecule has 0 bridgehead atoms. The van der Waals surface area contributed by atoms with E-state index in [0.717, 1.165) is 0 Å². The lowest BCUT2D eigenvalue weighted by Gasteiger charge is -2.09. The van der Waals surface area contributed by atoms with Gasteiger partial charge in [-0.05, 0) is 12.5 Å². The second-order valence-electron chi connectivity index (χ2n) is 4.66. The third-order valence-corrected chi connectivity index (χ3v) is 3.05. The maximum atomic E-state index is 11.6. The number of urea groups is 1. The minimum Gasteiger partial charge on any atom is -0.356 e. The van der Waals surface area contributed by atoms with Gasteiger partial charge >= 0.3 is 6.03 Å². The van der Waals surface area contributed by atoms with Crippen molar-refractivity contribution in [2.45, 2.75) is 25.4 Å². The molecule has 1 aliphatic heterocycles. The van der Waals surface area contributed by atoms with Crippen molar-refractivity contribution in [1.29, 1.82) is 0 Å². The molecule has 0 unspecified atom stereocenters. The monoisotopic (exact) mass is 292 g/mol. The second-order valence-corrected chi connectivity index (χ2v) is 4.66. The molecule has 1 saturated heterocycles. The predicted molar refractivity (Wildman–Crippen MR) is 73.4 cm³/mol. The van der Waals surface area contributed by atoms with Crippen LogP contribution in [0, 0.1) is 0 Å². The Morgan fingerprint density at radius 2 is 2.10 bits per heavy atom. The topological polar surface area (TPSA) is 109 Å². The molecule has 2 heterocycles. The largest absolute Gasteiger partial charge is 0.356 e. The van der Waals surface area contributed by atoms with Gasteiger partial charge in [-0.1, -0.05) is 6.07 Å². The molecule has 1 aromatic heterocycles. The molecule has 3 N–H and O–H groups in total. The van der Waals surface area contributed by atoms with E-state index in [0.29, 0.717) is 19.5 Å². The van der Waals surface area contributed by atoms with E-state index in [1.165, 1.54) is 6.07 Å². The molecular weight excluding hydrogens is 276 g/mol. The van der Waals surface area contributed by atoms with Crippen LogP contribution in [0.2, 0.25) is 0 Å². The number of aromatic nitrogens is 1. The van der Waals surface area contributed by atoms with Crippen LogP contribution in [0.15, 0.2) is 29.2 Å². The molecule has 2 rings (SSSR count). The molecule has 1 atom stereocenters. The molecule has 0 saturated carbocycles. The highest BCUT2D eigenvalue weighted by molar-refractivity contribution is 6.05. The van der Waals surface area contributed by atoms with Crippen LogP contribution in [0.25, 0.3) is 0 Å². The van der Waals surface area contributed by atoms with Crippen LogP contribution < -0.4 is 21.5 Å². The Kier molecular flexibility index (Phi) is 4.70. The van der Waals surface area contributed by atoms with Crippen molar-refractivity contribution in [3.63, 3.8) is 0 Å². The van der Waals surface area contributed by atoms with E-state index < -0.39 is 18.0 Å². The molecule has 112 valence electrons. The van der Waals surface area contributed by atoms with E-state index in [2.05, 4.69) is 16.0 Å². The van der Waals surface area contributed by atoms with Gasteiger partial charge in [-0.3, -0.25) is 19.7 Å². The summed E-state index contributed by atoms with van der Waals surface area (Å²) in [6, 6.07) is 3.51. The molecule has 8 nitrogen and oxygen atoms in total. The van der Waals surface area contributed by atoms with Crippen molar-refractivity contribution in [3.8, 4) is 0 Å². The molecule has 1 fully saturated rings. The lowest BCUT2D eigenvalue weighted by atomic mass is 10.2. The summed E-state index contributed by atoms with van der Waals surface area (Å²) >= 11 is 0. The first-order chi connectivity index (χ1) is 10.1. The van der Waals surface area contributed by atoms with Gasteiger partial charge in [0.15, 0.2) is 0 Å². The molecule has 0 spiro atoms. The molecular formula is C13H16N4O4. The van der Waals surface area contributed by atoms with Crippen LogP contribution in [0.5, 0.6) is 0 Å². The number of carbonyl (C=O) groups is 3. The van der Waals surface area contributed by atoms with Crippen LogP contribution in [-0.2, 0) is 16.1 Å². The van der Waals surface area contributed by atoms with Crippen LogP contribution in [-0.4, -0.2) is 35.0 Å². The zero-order chi connectivity index (χ0) is 15.2. The highest BCUT2D eigenvalue weighted by atomic mass is 16.2. The van der Waals surface area contributed by atoms with Gasteiger partial charge in [-0.15, -0.1) is 0 Å². The summed E-state index contributed by atoms with van der Waals surface area (Å²) < 4.78 is 1.55. The first-order valence-corrected chi connectivity index (χ1v) is 6.60. The predicted octanol–water partition coefficient (Wildman–Crippen LogP) is -1.05. The van der Waals surface area contributed by atoms with E-state index in [4.69, 9.17) is 0 Å². The molecule has 1 aliphatic rings. The number of carbonyl (C=O) groups excluding carboxylic acids is 3. The fraction of sp³-hybridized carbons (Fsp3) is 0.385. The number of pyridine rings is 1. The Morgan fingerprint density at radius 1 is 1.29 bits per heavy atom. The fourth-order valence-corrected chi connectivity index (χ4v) is 1.98. The van der Waals surface area contributed by atoms with Crippen molar-refractivity contribution < 1.29 is 14.4 Å². The van der Waals surface area contributed by atoms with Crippen molar-refractivity contribution in [2.75, 3.05) is 6.54 Å². The maximum Gasteiger partial charge on any atom is 0.322 e. The van der Waals surface area contributed by atoms with Gasteiger partial charge in [0.2, 0.25) is 11.5 Å². The third-order valence-electron chi connectivity index (χ3n) is 3.05. The van der Waals surface area contributed by atoms with Gasteiger partial charge in [0, 0.05) is 25.4 Å². The highest BCUT2D eigenvalue weighted by Crippen LogP contribution is 1.98. The Hall–Kier alpha value is -2.64. The third kappa shape index (κ3) is 4.16. The van der Waals surface area contributed by atoms with E-state index in [9.17, 15) is 19.2 Å². The van der Waals surface area contributed by atoms with E-state index in [1.807, 2.05) is 0 Å². The number of nitrogens with zero attached hydrogens (tertiary/aromatic N) is 1. The van der Waals surface area contributed by atoms with Crippen LogP contribution >= 0.6 is 0 Å². The van der Waals surface area contributed by atoms with Crippen LogP contribution in [0.3, 0.4) is 0 Å². The van der Waals surface area contributed by atoms with E-state index in [1.54, 1.807) is 22.9 Å². The average Bonchev–Trinajstić information content (AvgIpc) is 2.75. The zero-order valence-corrected chi connectivity index (χ0v) is 11.3. The number of imide groups is 1. The smallest absolute Gasteiger partial charge is 0.322 e. The van der Waals surface area contributed by atoms with Crippen LogP contribution in [0.1, 0.15) is 12.8 Å². The van der Waals surface area contributed by atoms with Gasteiger partial charge in [0.1, 0.15) is 6.04 Å². The van der Waals surface area contributed by atoms with Crippen LogP contribution in [0.4, 0.5) is 4.79 Å². The summed E-state index contributed by atoms with van der Waals surface area (Å²) in [6.07, 6.45) is 2.18. The Bertz CT molecular complexity index is 610. The Balaban J connectivity index is 1.68. The molecule has 0 aromatic carbocycles. The summed E-state index contributed by atoms with van der Waals surface area (Å²) in [5.74, 6) is -0.816. The minimum absolute atomic E-state index is 0.0887. The van der Waals surface area contributed by atoms with Gasteiger partial charge in [-0.25, -0.2) is 4.79 Å². The normalized spacial score (nSPS) is 17.2. The average molecular weight is 292 g/mol. The van der Waals surface area contributed by atoms with Gasteiger partial charge < -0.3 is 15.2 Å². The van der Waals surface area contributed by atoms with Gasteiger partial charge in [0.25, 0.3) is 5.91 Å². The summed E-state index contributed by atoms with van der Waals surface area (Å²) in [7, 11) is 0. The summed E-state index contributed by atoms with van der Waals surface area (Å²) in [4.78, 5) is 45.2. The number of aryl methyl sites for hydroxylation is 1. The van der Waals surface area contributed by atoms with Crippen molar-refractivity contribution >= 4 is 17.8 Å². The lowest BCUT2D eigenvalue weighted by molar-refractivity contribution is -0.126. The number of amides is 4. The first kappa shape index (κ1) is 14.8. The van der Waals surface area contributed by atoms with Crippen molar-refractivity contribution in [1.82, 2.24) is 20.5 Å². The molecule has 0 radical (unpaired) electrons. The quantitative estimate of drug-likeness (QED) is 0.459. The first-order valence-electron chi connectivity index (χ1n) is 6.60. The second kappa shape index (κ2) is 6.69. The molecule has 21 heavy (non-hydrogen) atoms. The summed E-state index contributed by atoms with van der Waals surface area (Å²) in [5, 5.41) is 7.06. The van der Waals surface area contributed by atoms with E-state index >= 15 is 0 Å². The summed E-state index contributed by atoms with van der Waals surface area (Å²) in [6.45, 7) is 0.892. The molecule has 0 aliphatic carbocycles. The standard InChI is InChI=1S/C13H16N4O4/c18-10(8-9-12(20)16-13(21)15-9)14-5-3-7-17-6-2-1-4-11(17)19/h1-2,4,6,9H,3,5,7-8H2,(H,14,18)(H2,15,16,20,21)/t9-/m0/s1. The lowest BCUT2D eigenvalue weighted by Crippen LogP contribution is -2.36. The molecule has 4 amide bonds. The molecule has 1 aromatic rings. The minimum atomic E-state index is -0.811. The molecule has 8 heteroatoms. The highest BCUT2D eigenvalue weighted by Gasteiger charge is 2.30. The number of hydrogen-bond donors (Lipinski definition) is 3. The zero-order valence-electron chi connectivity index (χ0n) is 11.3. The Morgan fingerprint density at radius 3 is 2.76 bits per heavy atom. The number of hydrogen-bond acceptors (Lipinski definition) is 4. The number of rotatable bonds is 6. The Labute approximate surface area is 120 Å².